The maximum absolute atomic E-state index is 5.60. The van der Waals surface area contributed by atoms with E-state index in [1.165, 1.54) is 11.1 Å². The van der Waals surface area contributed by atoms with Crippen LogP contribution in [-0.2, 0) is 6.54 Å². The Morgan fingerprint density at radius 2 is 1.76 bits per heavy atom. The Morgan fingerprint density at radius 3 is 2.29 bits per heavy atom. The molecule has 0 bridgehead atoms. The van der Waals surface area contributed by atoms with Crippen LogP contribution in [0.1, 0.15) is 42.9 Å². The summed E-state index contributed by atoms with van der Waals surface area (Å²) in [5.74, 6) is 2.09. The maximum atomic E-state index is 5.60. The summed E-state index contributed by atoms with van der Waals surface area (Å²) >= 11 is 0. The van der Waals surface area contributed by atoms with Gasteiger partial charge in [0.2, 0.25) is 0 Å². The fraction of sp³-hybridized carbons (Fsp3) is 0.714. The van der Waals surface area contributed by atoms with Crippen molar-refractivity contribution in [3.8, 4) is 0 Å². The summed E-state index contributed by atoms with van der Waals surface area (Å²) < 4.78 is 5.60. The van der Waals surface area contributed by atoms with Gasteiger partial charge in [0.15, 0.2) is 0 Å². The SMILES string of the molecule is Cc1oc(C)c(CNCCCNC(C)C)c1C. The molecule has 1 heterocycles. The molecular weight excluding hydrogens is 212 g/mol. The molecule has 1 aromatic rings. The number of hydrogen-bond acceptors (Lipinski definition) is 3. The van der Waals surface area contributed by atoms with Gasteiger partial charge in [-0.2, -0.15) is 0 Å². The van der Waals surface area contributed by atoms with Crippen LogP contribution < -0.4 is 10.6 Å². The zero-order valence-corrected chi connectivity index (χ0v) is 11.8. The zero-order valence-electron chi connectivity index (χ0n) is 11.8. The highest BCUT2D eigenvalue weighted by atomic mass is 16.3. The van der Waals surface area contributed by atoms with E-state index in [1.54, 1.807) is 0 Å². The van der Waals surface area contributed by atoms with E-state index in [2.05, 4.69) is 31.4 Å². The molecule has 3 heteroatoms. The molecule has 0 aromatic carbocycles. The van der Waals surface area contributed by atoms with E-state index in [9.17, 15) is 0 Å². The van der Waals surface area contributed by atoms with E-state index in [-0.39, 0.29) is 0 Å². The average Bonchev–Trinajstić information content (AvgIpc) is 2.48. The van der Waals surface area contributed by atoms with Crippen LogP contribution in [0.15, 0.2) is 4.42 Å². The van der Waals surface area contributed by atoms with Crippen LogP contribution in [0.2, 0.25) is 0 Å². The van der Waals surface area contributed by atoms with Crippen molar-refractivity contribution in [2.24, 2.45) is 0 Å². The minimum absolute atomic E-state index is 0.580. The van der Waals surface area contributed by atoms with E-state index in [0.717, 1.165) is 37.6 Å². The Labute approximate surface area is 105 Å². The molecule has 2 N–H and O–H groups in total. The molecule has 0 saturated heterocycles. The van der Waals surface area contributed by atoms with Gasteiger partial charge in [-0.1, -0.05) is 13.8 Å². The third-order valence-corrected chi connectivity index (χ3v) is 3.10. The van der Waals surface area contributed by atoms with Crippen molar-refractivity contribution in [3.05, 3.63) is 22.6 Å². The predicted octanol–water partition coefficient (Wildman–Crippen LogP) is 2.68. The van der Waals surface area contributed by atoms with Gasteiger partial charge in [-0.05, 0) is 45.8 Å². The fourth-order valence-electron chi connectivity index (χ4n) is 1.92. The fourth-order valence-corrected chi connectivity index (χ4v) is 1.92. The van der Waals surface area contributed by atoms with Crippen molar-refractivity contribution in [1.82, 2.24) is 10.6 Å². The molecule has 0 radical (unpaired) electrons. The molecule has 1 aromatic heterocycles. The second-order valence-electron chi connectivity index (χ2n) is 4.96. The van der Waals surface area contributed by atoms with Crippen molar-refractivity contribution in [2.75, 3.05) is 13.1 Å². The molecule has 0 aliphatic rings. The van der Waals surface area contributed by atoms with Crippen LogP contribution in [0.3, 0.4) is 0 Å². The highest BCUT2D eigenvalue weighted by Gasteiger charge is 2.09. The first-order valence-electron chi connectivity index (χ1n) is 6.52. The lowest BCUT2D eigenvalue weighted by Gasteiger charge is -2.08. The molecule has 0 aliphatic heterocycles. The first-order valence-corrected chi connectivity index (χ1v) is 6.52. The lowest BCUT2D eigenvalue weighted by molar-refractivity contribution is 0.496. The van der Waals surface area contributed by atoms with Gasteiger partial charge in [-0.25, -0.2) is 0 Å². The Balaban J connectivity index is 2.22. The number of aryl methyl sites for hydroxylation is 2. The number of furan rings is 1. The molecule has 0 aliphatic carbocycles. The summed E-state index contributed by atoms with van der Waals surface area (Å²) in [6, 6.07) is 0.580. The van der Waals surface area contributed by atoms with Gasteiger partial charge in [0, 0.05) is 18.2 Å². The number of nitrogens with one attached hydrogen (secondary N) is 2. The largest absolute Gasteiger partial charge is 0.466 e. The molecule has 0 spiro atoms. The Bertz CT molecular complexity index is 342. The molecule has 17 heavy (non-hydrogen) atoms. The molecule has 0 fully saturated rings. The predicted molar refractivity (Wildman–Crippen MR) is 72.4 cm³/mol. The summed E-state index contributed by atoms with van der Waals surface area (Å²) in [6.45, 7) is 13.6. The minimum Gasteiger partial charge on any atom is -0.466 e. The van der Waals surface area contributed by atoms with Crippen LogP contribution in [0.25, 0.3) is 0 Å². The van der Waals surface area contributed by atoms with Gasteiger partial charge in [-0.3, -0.25) is 0 Å². The van der Waals surface area contributed by atoms with Gasteiger partial charge in [-0.15, -0.1) is 0 Å². The average molecular weight is 238 g/mol. The second-order valence-corrected chi connectivity index (χ2v) is 4.96. The lowest BCUT2D eigenvalue weighted by atomic mass is 10.1. The number of hydrogen-bond donors (Lipinski definition) is 2. The van der Waals surface area contributed by atoms with E-state index >= 15 is 0 Å². The maximum Gasteiger partial charge on any atom is 0.105 e. The zero-order chi connectivity index (χ0) is 12.8. The van der Waals surface area contributed by atoms with E-state index in [1.807, 2.05) is 13.8 Å². The van der Waals surface area contributed by atoms with Crippen molar-refractivity contribution in [3.63, 3.8) is 0 Å². The lowest BCUT2D eigenvalue weighted by Crippen LogP contribution is -2.26. The summed E-state index contributed by atoms with van der Waals surface area (Å²) in [6.07, 6.45) is 1.16. The summed E-state index contributed by atoms with van der Waals surface area (Å²) in [5.41, 5.74) is 2.61. The molecular formula is C14H26N2O. The van der Waals surface area contributed by atoms with Crippen molar-refractivity contribution in [1.29, 1.82) is 0 Å². The standard InChI is InChI=1S/C14H26N2O/c1-10(2)16-8-6-7-15-9-14-11(3)12(4)17-13(14)5/h10,15-16H,6-9H2,1-5H3. The van der Waals surface area contributed by atoms with Crippen LogP contribution in [0, 0.1) is 20.8 Å². The van der Waals surface area contributed by atoms with E-state index in [4.69, 9.17) is 4.42 Å². The molecule has 0 atom stereocenters. The van der Waals surface area contributed by atoms with E-state index in [0.29, 0.717) is 6.04 Å². The highest BCUT2D eigenvalue weighted by molar-refractivity contribution is 5.31. The second kappa shape index (κ2) is 6.82. The van der Waals surface area contributed by atoms with Crippen LogP contribution >= 0.6 is 0 Å². The Kier molecular flexibility index (Phi) is 5.72. The topological polar surface area (TPSA) is 37.2 Å². The number of rotatable bonds is 7. The molecule has 0 amide bonds. The summed E-state index contributed by atoms with van der Waals surface area (Å²) in [4.78, 5) is 0. The third kappa shape index (κ3) is 4.52. The van der Waals surface area contributed by atoms with Gasteiger partial charge in [0.25, 0.3) is 0 Å². The molecule has 0 saturated carbocycles. The molecule has 1 rings (SSSR count). The highest BCUT2D eigenvalue weighted by Crippen LogP contribution is 2.20. The van der Waals surface area contributed by atoms with Crippen LogP contribution in [0.4, 0.5) is 0 Å². The van der Waals surface area contributed by atoms with Crippen molar-refractivity contribution in [2.45, 2.75) is 53.6 Å². The van der Waals surface area contributed by atoms with Crippen LogP contribution in [0.5, 0.6) is 0 Å². The first kappa shape index (κ1) is 14.3. The molecule has 3 nitrogen and oxygen atoms in total. The van der Waals surface area contributed by atoms with Gasteiger partial charge < -0.3 is 15.1 Å². The van der Waals surface area contributed by atoms with Crippen molar-refractivity contribution >= 4 is 0 Å². The molecule has 0 unspecified atom stereocenters. The Morgan fingerprint density at radius 1 is 1.06 bits per heavy atom. The normalized spacial score (nSPS) is 11.4. The van der Waals surface area contributed by atoms with Crippen LogP contribution in [-0.4, -0.2) is 19.1 Å². The summed E-state index contributed by atoms with van der Waals surface area (Å²) in [7, 11) is 0. The van der Waals surface area contributed by atoms with Gasteiger partial charge in [0.1, 0.15) is 11.5 Å². The summed E-state index contributed by atoms with van der Waals surface area (Å²) in [5, 5.41) is 6.88. The van der Waals surface area contributed by atoms with Gasteiger partial charge >= 0.3 is 0 Å². The van der Waals surface area contributed by atoms with E-state index < -0.39 is 0 Å². The van der Waals surface area contributed by atoms with Crippen molar-refractivity contribution < 1.29 is 4.42 Å². The van der Waals surface area contributed by atoms with Gasteiger partial charge in [0.05, 0.1) is 0 Å². The smallest absolute Gasteiger partial charge is 0.105 e. The third-order valence-electron chi connectivity index (χ3n) is 3.10. The quantitative estimate of drug-likeness (QED) is 0.717. The first-order chi connectivity index (χ1) is 8.02. The Hall–Kier alpha value is -0.800. The minimum atomic E-state index is 0.580. The molecule has 98 valence electrons. The monoisotopic (exact) mass is 238 g/mol.